The molecule has 1 aromatic heterocycles. The fraction of sp³-hybridized carbons (Fsp3) is 0.636. The van der Waals surface area contributed by atoms with Crippen LogP contribution in [0.4, 0.5) is 0 Å². The Bertz CT molecular complexity index is 512. The maximum atomic E-state index is 12.5. The molecule has 1 atom stereocenters. The Labute approximate surface area is 112 Å². The second-order valence-electron chi connectivity index (χ2n) is 4.59. The Hall–Kier alpha value is -0.470. The summed E-state index contributed by atoms with van der Waals surface area (Å²) in [5, 5.41) is 10.9. The van der Waals surface area contributed by atoms with Crippen LogP contribution in [-0.4, -0.2) is 55.5 Å². The highest BCUT2D eigenvalue weighted by Crippen LogP contribution is 2.27. The van der Waals surface area contributed by atoms with Crippen molar-refractivity contribution in [1.29, 1.82) is 0 Å². The monoisotopic (exact) mass is 290 g/mol. The molecule has 2 heterocycles. The van der Waals surface area contributed by atoms with E-state index in [2.05, 4.69) is 4.90 Å². The van der Waals surface area contributed by atoms with Gasteiger partial charge in [0.05, 0.1) is 11.5 Å². The SMILES string of the molecule is CC1CN(C)CCN1S(=O)(=O)c1ccsc1CO. The summed E-state index contributed by atoms with van der Waals surface area (Å²) < 4.78 is 26.6. The maximum absolute atomic E-state index is 12.5. The number of aliphatic hydroxyl groups is 1. The van der Waals surface area contributed by atoms with Crippen molar-refractivity contribution < 1.29 is 13.5 Å². The van der Waals surface area contributed by atoms with Gasteiger partial charge < -0.3 is 10.0 Å². The molecule has 1 N–H and O–H groups in total. The fourth-order valence-electron chi connectivity index (χ4n) is 2.28. The first-order valence-corrected chi connectivity index (χ1v) is 8.16. The Morgan fingerprint density at radius 3 is 2.83 bits per heavy atom. The molecule has 0 radical (unpaired) electrons. The molecule has 1 aliphatic heterocycles. The number of likely N-dealkylation sites (N-methyl/N-ethyl adjacent to an activating group) is 1. The van der Waals surface area contributed by atoms with E-state index in [1.165, 1.54) is 15.6 Å². The number of rotatable bonds is 3. The van der Waals surface area contributed by atoms with Gasteiger partial charge in [-0.2, -0.15) is 4.31 Å². The average Bonchev–Trinajstić information content (AvgIpc) is 2.76. The van der Waals surface area contributed by atoms with Crippen molar-refractivity contribution in [2.24, 2.45) is 0 Å². The van der Waals surface area contributed by atoms with E-state index >= 15 is 0 Å². The Kier molecular flexibility index (Phi) is 4.08. The van der Waals surface area contributed by atoms with Gasteiger partial charge in [0.25, 0.3) is 0 Å². The van der Waals surface area contributed by atoms with E-state index in [1.54, 1.807) is 11.4 Å². The molecule has 1 aromatic rings. The Morgan fingerprint density at radius 1 is 1.50 bits per heavy atom. The van der Waals surface area contributed by atoms with Gasteiger partial charge in [0.2, 0.25) is 10.0 Å². The highest BCUT2D eigenvalue weighted by molar-refractivity contribution is 7.89. The molecule has 0 amide bonds. The van der Waals surface area contributed by atoms with Crippen LogP contribution in [0.1, 0.15) is 11.8 Å². The summed E-state index contributed by atoms with van der Waals surface area (Å²) in [5.41, 5.74) is 0. The fourth-order valence-corrected chi connectivity index (χ4v) is 5.16. The summed E-state index contributed by atoms with van der Waals surface area (Å²) in [6, 6.07) is 1.54. The number of hydrogen-bond donors (Lipinski definition) is 1. The van der Waals surface area contributed by atoms with Crippen molar-refractivity contribution in [2.75, 3.05) is 26.7 Å². The number of sulfonamides is 1. The second kappa shape index (κ2) is 5.26. The molecule has 102 valence electrons. The predicted molar refractivity (Wildman–Crippen MR) is 71.1 cm³/mol. The standard InChI is InChI=1S/C11H18N2O3S2/c1-9-7-12(2)4-5-13(9)18(15,16)11-3-6-17-10(11)8-14/h3,6,9,14H,4-5,7-8H2,1-2H3. The van der Waals surface area contributed by atoms with E-state index in [0.717, 1.165) is 13.1 Å². The van der Waals surface area contributed by atoms with E-state index < -0.39 is 10.0 Å². The summed E-state index contributed by atoms with van der Waals surface area (Å²) >= 11 is 1.28. The number of thiophene rings is 1. The van der Waals surface area contributed by atoms with Crippen LogP contribution >= 0.6 is 11.3 Å². The van der Waals surface area contributed by atoms with Crippen molar-refractivity contribution in [3.63, 3.8) is 0 Å². The lowest BCUT2D eigenvalue weighted by Gasteiger charge is -2.37. The number of hydrogen-bond acceptors (Lipinski definition) is 5. The summed E-state index contributed by atoms with van der Waals surface area (Å²) in [5.74, 6) is 0. The van der Waals surface area contributed by atoms with Crippen molar-refractivity contribution in [2.45, 2.75) is 24.5 Å². The van der Waals surface area contributed by atoms with E-state index in [9.17, 15) is 13.5 Å². The lowest BCUT2D eigenvalue weighted by atomic mass is 10.2. The van der Waals surface area contributed by atoms with Gasteiger partial charge >= 0.3 is 0 Å². The van der Waals surface area contributed by atoms with Crippen molar-refractivity contribution >= 4 is 21.4 Å². The van der Waals surface area contributed by atoms with Crippen molar-refractivity contribution in [1.82, 2.24) is 9.21 Å². The van der Waals surface area contributed by atoms with Gasteiger partial charge in [-0.25, -0.2) is 8.42 Å². The molecule has 18 heavy (non-hydrogen) atoms. The lowest BCUT2D eigenvalue weighted by Crippen LogP contribution is -2.52. The first-order chi connectivity index (χ1) is 8.46. The van der Waals surface area contributed by atoms with Crippen LogP contribution < -0.4 is 0 Å². The summed E-state index contributed by atoms with van der Waals surface area (Å²) in [7, 11) is -1.49. The van der Waals surface area contributed by atoms with Crippen molar-refractivity contribution in [3.8, 4) is 0 Å². The van der Waals surface area contributed by atoms with Crippen LogP contribution in [0.5, 0.6) is 0 Å². The van der Waals surface area contributed by atoms with Crippen LogP contribution in [0.15, 0.2) is 16.3 Å². The molecule has 0 spiro atoms. The maximum Gasteiger partial charge on any atom is 0.244 e. The highest BCUT2D eigenvalue weighted by Gasteiger charge is 2.34. The molecule has 0 aliphatic carbocycles. The topological polar surface area (TPSA) is 60.9 Å². The number of aliphatic hydroxyl groups excluding tert-OH is 1. The minimum atomic E-state index is -3.48. The average molecular weight is 290 g/mol. The smallest absolute Gasteiger partial charge is 0.244 e. The quantitative estimate of drug-likeness (QED) is 0.884. The first kappa shape index (κ1) is 14.0. The molecule has 5 nitrogen and oxygen atoms in total. The molecule has 1 unspecified atom stereocenters. The van der Waals surface area contributed by atoms with Crippen LogP contribution in [0.25, 0.3) is 0 Å². The molecular weight excluding hydrogens is 272 g/mol. The second-order valence-corrected chi connectivity index (χ2v) is 7.45. The normalized spacial score (nSPS) is 23.4. The molecular formula is C11H18N2O3S2. The summed E-state index contributed by atoms with van der Waals surface area (Å²) in [6.45, 7) is 3.66. The highest BCUT2D eigenvalue weighted by atomic mass is 32.2. The molecule has 1 fully saturated rings. The zero-order chi connectivity index (χ0) is 13.3. The Morgan fingerprint density at radius 2 is 2.22 bits per heavy atom. The Balaban J connectivity index is 2.31. The predicted octanol–water partition coefficient (Wildman–Crippen LogP) is 0.565. The number of piperazine rings is 1. The zero-order valence-electron chi connectivity index (χ0n) is 10.5. The van der Waals surface area contributed by atoms with Gasteiger partial charge in [0, 0.05) is 30.6 Å². The summed E-state index contributed by atoms with van der Waals surface area (Å²) in [4.78, 5) is 2.89. The largest absolute Gasteiger partial charge is 0.391 e. The molecule has 1 aliphatic rings. The van der Waals surface area contributed by atoms with Crippen LogP contribution in [0, 0.1) is 0 Å². The van der Waals surface area contributed by atoms with Crippen LogP contribution in [-0.2, 0) is 16.6 Å². The van der Waals surface area contributed by atoms with E-state index in [-0.39, 0.29) is 17.5 Å². The first-order valence-electron chi connectivity index (χ1n) is 5.84. The zero-order valence-corrected chi connectivity index (χ0v) is 12.2. The third-order valence-electron chi connectivity index (χ3n) is 3.20. The molecule has 0 bridgehead atoms. The third-order valence-corrected chi connectivity index (χ3v) is 6.34. The van der Waals surface area contributed by atoms with E-state index in [4.69, 9.17) is 0 Å². The van der Waals surface area contributed by atoms with Gasteiger partial charge in [0.15, 0.2) is 0 Å². The molecule has 1 saturated heterocycles. The molecule has 7 heteroatoms. The third kappa shape index (κ3) is 2.46. The minimum absolute atomic E-state index is 0.0415. The van der Waals surface area contributed by atoms with E-state index in [0.29, 0.717) is 11.4 Å². The van der Waals surface area contributed by atoms with Gasteiger partial charge in [-0.15, -0.1) is 11.3 Å². The lowest BCUT2D eigenvalue weighted by molar-refractivity contribution is 0.170. The van der Waals surface area contributed by atoms with E-state index in [1.807, 2.05) is 14.0 Å². The van der Waals surface area contributed by atoms with Crippen molar-refractivity contribution in [3.05, 3.63) is 16.3 Å². The van der Waals surface area contributed by atoms with Gasteiger partial charge in [-0.1, -0.05) is 0 Å². The molecule has 0 saturated carbocycles. The minimum Gasteiger partial charge on any atom is -0.391 e. The van der Waals surface area contributed by atoms with Gasteiger partial charge in [0.1, 0.15) is 0 Å². The number of nitrogens with zero attached hydrogens (tertiary/aromatic N) is 2. The molecule has 0 aromatic carbocycles. The van der Waals surface area contributed by atoms with Crippen LogP contribution in [0.3, 0.4) is 0 Å². The summed E-state index contributed by atoms with van der Waals surface area (Å²) in [6.07, 6.45) is 0. The van der Waals surface area contributed by atoms with Gasteiger partial charge in [-0.3, -0.25) is 0 Å². The molecule has 2 rings (SSSR count). The van der Waals surface area contributed by atoms with Gasteiger partial charge in [-0.05, 0) is 25.4 Å². The van der Waals surface area contributed by atoms with Crippen LogP contribution in [0.2, 0.25) is 0 Å².